The second-order valence-corrected chi connectivity index (χ2v) is 5.46. The molecule has 15 heavy (non-hydrogen) atoms. The molecule has 0 N–H and O–H groups in total. The van der Waals surface area contributed by atoms with E-state index in [9.17, 15) is 4.79 Å². The molecule has 1 amide bonds. The molecule has 0 unspecified atom stereocenters. The van der Waals surface area contributed by atoms with E-state index >= 15 is 0 Å². The maximum absolute atomic E-state index is 12.0. The van der Waals surface area contributed by atoms with Gasteiger partial charge in [0.2, 0.25) is 5.91 Å². The van der Waals surface area contributed by atoms with Crippen LogP contribution in [0.1, 0.15) is 46.5 Å². The quantitative estimate of drug-likeness (QED) is 0.711. The summed E-state index contributed by atoms with van der Waals surface area (Å²) < 4.78 is 0. The molecule has 0 spiro atoms. The van der Waals surface area contributed by atoms with Crippen LogP contribution < -0.4 is 0 Å². The lowest BCUT2D eigenvalue weighted by Gasteiger charge is -2.26. The zero-order valence-corrected chi connectivity index (χ0v) is 9.92. The summed E-state index contributed by atoms with van der Waals surface area (Å²) in [5, 5.41) is 8.54. The van der Waals surface area contributed by atoms with Crippen molar-refractivity contribution in [2.75, 3.05) is 6.54 Å². The number of hydrogen-bond acceptors (Lipinski definition) is 2. The van der Waals surface area contributed by atoms with Crippen molar-refractivity contribution >= 4 is 5.91 Å². The van der Waals surface area contributed by atoms with Crippen molar-refractivity contribution in [2.24, 2.45) is 5.41 Å². The molecule has 1 aliphatic carbocycles. The van der Waals surface area contributed by atoms with E-state index in [0.29, 0.717) is 25.4 Å². The predicted octanol–water partition coefficient (Wildman–Crippen LogP) is 2.33. The Balaban J connectivity index is 2.48. The number of rotatable bonds is 4. The molecule has 0 bridgehead atoms. The van der Waals surface area contributed by atoms with E-state index in [0.717, 1.165) is 12.8 Å². The molecule has 3 heteroatoms. The summed E-state index contributed by atoms with van der Waals surface area (Å²) in [6.45, 7) is 6.82. The fourth-order valence-electron chi connectivity index (χ4n) is 1.62. The Hall–Kier alpha value is -1.04. The highest BCUT2D eigenvalue weighted by atomic mass is 16.2. The average Bonchev–Trinajstić information content (AvgIpc) is 2.85. The number of nitrogens with zero attached hydrogens (tertiary/aromatic N) is 2. The van der Waals surface area contributed by atoms with Crippen molar-refractivity contribution in [3.8, 4) is 6.07 Å². The van der Waals surface area contributed by atoms with Crippen LogP contribution >= 0.6 is 0 Å². The van der Waals surface area contributed by atoms with E-state index in [1.165, 1.54) is 0 Å². The topological polar surface area (TPSA) is 44.1 Å². The first-order valence-electron chi connectivity index (χ1n) is 5.60. The monoisotopic (exact) mass is 208 g/mol. The fraction of sp³-hybridized carbons (Fsp3) is 0.833. The van der Waals surface area contributed by atoms with Gasteiger partial charge in [0.1, 0.15) is 0 Å². The van der Waals surface area contributed by atoms with Gasteiger partial charge in [-0.2, -0.15) is 5.26 Å². The number of hydrogen-bond donors (Lipinski definition) is 0. The molecule has 1 saturated carbocycles. The molecule has 3 nitrogen and oxygen atoms in total. The minimum atomic E-state index is 0.0386. The highest BCUT2D eigenvalue weighted by molar-refractivity contribution is 5.77. The molecule has 1 aliphatic rings. The Morgan fingerprint density at radius 3 is 2.47 bits per heavy atom. The fourth-order valence-corrected chi connectivity index (χ4v) is 1.62. The minimum absolute atomic E-state index is 0.0386. The van der Waals surface area contributed by atoms with Gasteiger partial charge in [0.15, 0.2) is 0 Å². The van der Waals surface area contributed by atoms with Crippen LogP contribution in [0.25, 0.3) is 0 Å². The standard InChI is InChI=1S/C12H20N2O/c1-12(2,3)9-11(15)14(8-4-7-13)10-5-6-10/h10H,4-6,8-9H2,1-3H3. The zero-order chi connectivity index (χ0) is 11.5. The first-order chi connectivity index (χ1) is 6.94. The lowest BCUT2D eigenvalue weighted by atomic mass is 9.91. The molecule has 84 valence electrons. The van der Waals surface area contributed by atoms with Gasteiger partial charge in [-0.1, -0.05) is 20.8 Å². The SMILES string of the molecule is CC(C)(C)CC(=O)N(CCC#N)C1CC1. The first kappa shape index (κ1) is 12.0. The van der Waals surface area contributed by atoms with Crippen LogP contribution in [-0.4, -0.2) is 23.4 Å². The van der Waals surface area contributed by atoms with Crippen LogP contribution in [0.15, 0.2) is 0 Å². The Morgan fingerprint density at radius 1 is 1.47 bits per heavy atom. The van der Waals surface area contributed by atoms with Crippen LogP contribution in [-0.2, 0) is 4.79 Å². The van der Waals surface area contributed by atoms with E-state index in [4.69, 9.17) is 5.26 Å². The van der Waals surface area contributed by atoms with Crippen LogP contribution in [0.3, 0.4) is 0 Å². The summed E-state index contributed by atoms with van der Waals surface area (Å²) in [7, 11) is 0. The summed E-state index contributed by atoms with van der Waals surface area (Å²) in [5.74, 6) is 0.209. The zero-order valence-electron chi connectivity index (χ0n) is 9.92. The van der Waals surface area contributed by atoms with Crippen molar-refractivity contribution in [2.45, 2.75) is 52.5 Å². The molecule has 1 fully saturated rings. The lowest BCUT2D eigenvalue weighted by Crippen LogP contribution is -2.36. The van der Waals surface area contributed by atoms with Crippen molar-refractivity contribution in [1.82, 2.24) is 4.90 Å². The third-order valence-electron chi connectivity index (χ3n) is 2.45. The maximum atomic E-state index is 12.0. The van der Waals surface area contributed by atoms with Gasteiger partial charge in [0.05, 0.1) is 12.5 Å². The molecule has 0 radical (unpaired) electrons. The van der Waals surface area contributed by atoms with Crippen molar-refractivity contribution in [1.29, 1.82) is 5.26 Å². The van der Waals surface area contributed by atoms with Crippen LogP contribution in [0.4, 0.5) is 0 Å². The van der Waals surface area contributed by atoms with Gasteiger partial charge < -0.3 is 4.90 Å². The molecule has 0 saturated heterocycles. The summed E-state index contributed by atoms with van der Waals surface area (Å²) in [5.41, 5.74) is 0.0386. The van der Waals surface area contributed by atoms with Crippen molar-refractivity contribution < 1.29 is 4.79 Å². The van der Waals surface area contributed by atoms with E-state index < -0.39 is 0 Å². The minimum Gasteiger partial charge on any atom is -0.339 e. The third-order valence-corrected chi connectivity index (χ3v) is 2.45. The van der Waals surface area contributed by atoms with Gasteiger partial charge in [0, 0.05) is 19.0 Å². The largest absolute Gasteiger partial charge is 0.339 e. The summed E-state index contributed by atoms with van der Waals surface area (Å²) in [6, 6.07) is 2.53. The van der Waals surface area contributed by atoms with Gasteiger partial charge in [-0.15, -0.1) is 0 Å². The summed E-state index contributed by atoms with van der Waals surface area (Å²) in [4.78, 5) is 13.9. The van der Waals surface area contributed by atoms with E-state index in [2.05, 4.69) is 26.8 Å². The second-order valence-electron chi connectivity index (χ2n) is 5.46. The average molecular weight is 208 g/mol. The molecule has 0 aromatic heterocycles. The Morgan fingerprint density at radius 2 is 2.07 bits per heavy atom. The van der Waals surface area contributed by atoms with Gasteiger partial charge in [-0.3, -0.25) is 4.79 Å². The van der Waals surface area contributed by atoms with Gasteiger partial charge in [-0.05, 0) is 18.3 Å². The number of nitriles is 1. The molecule has 0 atom stereocenters. The Kier molecular flexibility index (Phi) is 3.73. The van der Waals surface area contributed by atoms with Crippen LogP contribution in [0, 0.1) is 16.7 Å². The normalized spacial score (nSPS) is 15.9. The van der Waals surface area contributed by atoms with Gasteiger partial charge >= 0.3 is 0 Å². The van der Waals surface area contributed by atoms with Crippen LogP contribution in [0.2, 0.25) is 0 Å². The molecule has 0 aliphatic heterocycles. The number of carbonyl (C=O) groups is 1. The molecular weight excluding hydrogens is 188 g/mol. The second kappa shape index (κ2) is 4.65. The summed E-state index contributed by atoms with van der Waals surface area (Å²) >= 11 is 0. The van der Waals surface area contributed by atoms with Gasteiger partial charge in [-0.25, -0.2) is 0 Å². The van der Waals surface area contributed by atoms with E-state index in [1.54, 1.807) is 0 Å². The number of amides is 1. The highest BCUT2D eigenvalue weighted by Crippen LogP contribution is 2.29. The van der Waals surface area contributed by atoms with Crippen LogP contribution in [0.5, 0.6) is 0 Å². The third kappa shape index (κ3) is 4.33. The predicted molar refractivity (Wildman–Crippen MR) is 59.0 cm³/mol. The molecule has 0 heterocycles. The maximum Gasteiger partial charge on any atom is 0.223 e. The Bertz CT molecular complexity index is 268. The highest BCUT2D eigenvalue weighted by Gasteiger charge is 2.33. The van der Waals surface area contributed by atoms with Crippen molar-refractivity contribution in [3.63, 3.8) is 0 Å². The van der Waals surface area contributed by atoms with E-state index in [1.807, 2.05) is 4.90 Å². The van der Waals surface area contributed by atoms with Gasteiger partial charge in [0.25, 0.3) is 0 Å². The first-order valence-corrected chi connectivity index (χ1v) is 5.60. The van der Waals surface area contributed by atoms with E-state index in [-0.39, 0.29) is 11.3 Å². The molecule has 0 aromatic rings. The molecule has 0 aromatic carbocycles. The molecular formula is C12H20N2O. The lowest BCUT2D eigenvalue weighted by molar-refractivity contribution is -0.133. The summed E-state index contributed by atoms with van der Waals surface area (Å²) in [6.07, 6.45) is 3.25. The Labute approximate surface area is 92.1 Å². The molecule has 1 rings (SSSR count). The smallest absolute Gasteiger partial charge is 0.223 e. The van der Waals surface area contributed by atoms with Crippen molar-refractivity contribution in [3.05, 3.63) is 0 Å². The number of carbonyl (C=O) groups excluding carboxylic acids is 1.